The molecule has 0 radical (unpaired) electrons. The van der Waals surface area contributed by atoms with Gasteiger partial charge in [-0.05, 0) is 63.0 Å². The van der Waals surface area contributed by atoms with Crippen LogP contribution < -0.4 is 4.74 Å². The lowest BCUT2D eigenvalue weighted by Gasteiger charge is -2.40. The first-order chi connectivity index (χ1) is 14.4. The Morgan fingerprint density at radius 3 is 2.50 bits per heavy atom. The molecule has 0 bridgehead atoms. The highest BCUT2D eigenvalue weighted by molar-refractivity contribution is 6.13. The van der Waals surface area contributed by atoms with Crippen LogP contribution in [-0.2, 0) is 0 Å². The zero-order chi connectivity index (χ0) is 21.0. The van der Waals surface area contributed by atoms with Crippen molar-refractivity contribution in [2.45, 2.75) is 71.3 Å². The standard InChI is InChI=1S/C25H31NO4/c1-15-11-16(2)14-26(13-15)24(28)23-17(3)21-19(29-23)7-8-20-22(21)18(27)12-25(30-20)9-5-4-6-10-25/h7-8,15-16H,4-6,9-14H2,1-3H3/t15-,16-/m0/s1. The Labute approximate surface area is 177 Å². The van der Waals surface area contributed by atoms with Crippen molar-refractivity contribution in [3.8, 4) is 5.75 Å². The summed E-state index contributed by atoms with van der Waals surface area (Å²) in [7, 11) is 0. The lowest BCUT2D eigenvalue weighted by atomic mass is 9.78. The molecule has 5 heteroatoms. The molecule has 1 aromatic carbocycles. The fraction of sp³-hybridized carbons (Fsp3) is 0.600. The van der Waals surface area contributed by atoms with Gasteiger partial charge in [-0.3, -0.25) is 9.59 Å². The number of hydrogen-bond donors (Lipinski definition) is 0. The molecule has 1 aliphatic carbocycles. The third-order valence-electron chi connectivity index (χ3n) is 7.26. The van der Waals surface area contributed by atoms with Gasteiger partial charge < -0.3 is 14.1 Å². The summed E-state index contributed by atoms with van der Waals surface area (Å²) in [6, 6.07) is 3.71. The lowest BCUT2D eigenvalue weighted by molar-refractivity contribution is 0.0139. The fourth-order valence-corrected chi connectivity index (χ4v) is 5.99. The van der Waals surface area contributed by atoms with E-state index in [4.69, 9.17) is 9.15 Å². The van der Waals surface area contributed by atoms with Crippen LogP contribution >= 0.6 is 0 Å². The third-order valence-corrected chi connectivity index (χ3v) is 7.26. The van der Waals surface area contributed by atoms with Crippen LogP contribution in [-0.4, -0.2) is 35.3 Å². The van der Waals surface area contributed by atoms with Crippen LogP contribution in [0.25, 0.3) is 11.0 Å². The van der Waals surface area contributed by atoms with E-state index in [1.165, 1.54) is 6.42 Å². The van der Waals surface area contributed by atoms with Gasteiger partial charge >= 0.3 is 0 Å². The summed E-state index contributed by atoms with van der Waals surface area (Å²) in [5.74, 6) is 2.04. The van der Waals surface area contributed by atoms with Gasteiger partial charge in [-0.25, -0.2) is 0 Å². The topological polar surface area (TPSA) is 59.8 Å². The van der Waals surface area contributed by atoms with E-state index in [-0.39, 0.29) is 17.3 Å². The third kappa shape index (κ3) is 3.14. The number of Topliss-reactive ketones (excluding diaryl/α,β-unsaturated/α-hetero) is 1. The zero-order valence-electron chi connectivity index (χ0n) is 18.3. The van der Waals surface area contributed by atoms with Crippen molar-refractivity contribution < 1.29 is 18.7 Å². The molecule has 160 valence electrons. The first-order valence-corrected chi connectivity index (χ1v) is 11.4. The van der Waals surface area contributed by atoms with Gasteiger partial charge in [0, 0.05) is 24.0 Å². The van der Waals surface area contributed by atoms with Gasteiger partial charge in [-0.1, -0.05) is 20.3 Å². The quantitative estimate of drug-likeness (QED) is 0.621. The lowest BCUT2D eigenvalue weighted by Crippen LogP contribution is -2.43. The van der Waals surface area contributed by atoms with Crippen LogP contribution in [0.3, 0.4) is 0 Å². The molecule has 5 nitrogen and oxygen atoms in total. The summed E-state index contributed by atoms with van der Waals surface area (Å²) < 4.78 is 12.5. The Morgan fingerprint density at radius 1 is 1.10 bits per heavy atom. The molecular formula is C25H31NO4. The van der Waals surface area contributed by atoms with E-state index in [0.29, 0.717) is 40.9 Å². The number of amides is 1. The first kappa shape index (κ1) is 19.7. The number of carbonyl (C=O) groups is 2. The maximum atomic E-state index is 13.3. The molecule has 3 heterocycles. The second kappa shape index (κ2) is 7.14. The minimum absolute atomic E-state index is 0.0659. The van der Waals surface area contributed by atoms with Crippen molar-refractivity contribution in [2.24, 2.45) is 11.8 Å². The van der Waals surface area contributed by atoms with Crippen molar-refractivity contribution in [1.29, 1.82) is 0 Å². The molecule has 2 aromatic rings. The van der Waals surface area contributed by atoms with Crippen LogP contribution in [0.4, 0.5) is 0 Å². The zero-order valence-corrected chi connectivity index (χ0v) is 18.3. The smallest absolute Gasteiger partial charge is 0.289 e. The van der Waals surface area contributed by atoms with Gasteiger partial charge in [-0.15, -0.1) is 0 Å². The highest BCUT2D eigenvalue weighted by Crippen LogP contribution is 2.45. The van der Waals surface area contributed by atoms with E-state index in [1.54, 1.807) is 0 Å². The molecule has 1 amide bonds. The van der Waals surface area contributed by atoms with Crippen LogP contribution in [0.5, 0.6) is 5.75 Å². The van der Waals surface area contributed by atoms with Gasteiger partial charge in [0.05, 0.1) is 12.0 Å². The Balaban J connectivity index is 1.54. The number of fused-ring (bicyclic) bond motifs is 3. The van der Waals surface area contributed by atoms with E-state index in [9.17, 15) is 9.59 Å². The molecule has 30 heavy (non-hydrogen) atoms. The van der Waals surface area contributed by atoms with Crippen LogP contribution in [0.2, 0.25) is 0 Å². The summed E-state index contributed by atoms with van der Waals surface area (Å²) in [6.45, 7) is 7.78. The molecule has 1 spiro atoms. The minimum atomic E-state index is -0.341. The molecule has 0 unspecified atom stereocenters. The van der Waals surface area contributed by atoms with Crippen molar-refractivity contribution in [2.75, 3.05) is 13.1 Å². The van der Waals surface area contributed by atoms with Gasteiger partial charge in [0.15, 0.2) is 11.5 Å². The fourth-order valence-electron chi connectivity index (χ4n) is 5.99. The Kier molecular flexibility index (Phi) is 4.68. The Morgan fingerprint density at radius 2 is 1.80 bits per heavy atom. The summed E-state index contributed by atoms with van der Waals surface area (Å²) in [6.07, 6.45) is 6.89. The van der Waals surface area contributed by atoms with Crippen molar-refractivity contribution in [3.05, 3.63) is 29.0 Å². The molecular weight excluding hydrogens is 378 g/mol. The molecule has 5 rings (SSSR count). The summed E-state index contributed by atoms with van der Waals surface area (Å²) in [5, 5.41) is 0.754. The number of likely N-dealkylation sites (tertiary alicyclic amines) is 1. The number of rotatable bonds is 1. The molecule has 1 aromatic heterocycles. The largest absolute Gasteiger partial charge is 0.486 e. The van der Waals surface area contributed by atoms with Gasteiger partial charge in [0.2, 0.25) is 0 Å². The predicted octanol–water partition coefficient (Wildman–Crippen LogP) is 5.53. The van der Waals surface area contributed by atoms with Crippen molar-refractivity contribution in [3.63, 3.8) is 0 Å². The SMILES string of the molecule is Cc1c(C(=O)N2C[C@@H](C)C[C@H](C)C2)oc2ccc3c(c12)C(=O)CC1(CCCCC1)O3. The van der Waals surface area contributed by atoms with Gasteiger partial charge in [0.1, 0.15) is 16.9 Å². The molecule has 2 aliphatic heterocycles. The molecule has 1 saturated carbocycles. The molecule has 0 N–H and O–H groups in total. The number of carbonyl (C=O) groups excluding carboxylic acids is 2. The number of ether oxygens (including phenoxy) is 1. The second-order valence-corrected chi connectivity index (χ2v) is 9.97. The van der Waals surface area contributed by atoms with E-state index >= 15 is 0 Å². The van der Waals surface area contributed by atoms with Crippen LogP contribution in [0, 0.1) is 18.8 Å². The molecule has 2 fully saturated rings. The maximum Gasteiger partial charge on any atom is 0.289 e. The van der Waals surface area contributed by atoms with E-state index in [1.807, 2.05) is 24.0 Å². The van der Waals surface area contributed by atoms with Crippen LogP contribution in [0.1, 0.15) is 85.3 Å². The van der Waals surface area contributed by atoms with E-state index < -0.39 is 0 Å². The van der Waals surface area contributed by atoms with Gasteiger partial charge in [0.25, 0.3) is 5.91 Å². The highest BCUT2D eigenvalue weighted by atomic mass is 16.5. The Bertz CT molecular complexity index is 1000. The highest BCUT2D eigenvalue weighted by Gasteiger charge is 2.43. The summed E-state index contributed by atoms with van der Waals surface area (Å²) in [5.41, 5.74) is 1.62. The number of piperidine rings is 1. The van der Waals surface area contributed by atoms with E-state index in [0.717, 1.165) is 56.1 Å². The average molecular weight is 410 g/mol. The average Bonchev–Trinajstić information content (AvgIpc) is 3.03. The Hall–Kier alpha value is -2.30. The number of hydrogen-bond acceptors (Lipinski definition) is 4. The van der Waals surface area contributed by atoms with Crippen LogP contribution in [0.15, 0.2) is 16.5 Å². The van der Waals surface area contributed by atoms with Crippen molar-refractivity contribution in [1.82, 2.24) is 4.90 Å². The molecule has 3 aliphatic rings. The predicted molar refractivity (Wildman–Crippen MR) is 115 cm³/mol. The molecule has 1 saturated heterocycles. The first-order valence-electron chi connectivity index (χ1n) is 11.4. The number of ketones is 1. The monoisotopic (exact) mass is 409 g/mol. The minimum Gasteiger partial charge on any atom is -0.486 e. The normalized spacial score (nSPS) is 26.0. The number of benzene rings is 1. The summed E-state index contributed by atoms with van der Waals surface area (Å²) >= 11 is 0. The number of aryl methyl sites for hydroxylation is 1. The van der Waals surface area contributed by atoms with E-state index in [2.05, 4.69) is 13.8 Å². The van der Waals surface area contributed by atoms with Gasteiger partial charge in [-0.2, -0.15) is 0 Å². The number of nitrogens with zero attached hydrogens (tertiary/aromatic N) is 1. The number of furan rings is 1. The molecule has 2 atom stereocenters. The maximum absolute atomic E-state index is 13.3. The summed E-state index contributed by atoms with van der Waals surface area (Å²) in [4.78, 5) is 28.5. The van der Waals surface area contributed by atoms with Crippen molar-refractivity contribution >= 4 is 22.7 Å². The second-order valence-electron chi connectivity index (χ2n) is 9.97.